The summed E-state index contributed by atoms with van der Waals surface area (Å²) in [5, 5.41) is 9.17. The summed E-state index contributed by atoms with van der Waals surface area (Å²) in [5.74, 6) is 0.814. The molecule has 0 aliphatic heterocycles. The maximum atomic E-state index is 12.6. The smallest absolute Gasteiger partial charge is 0.493 e. The Balaban J connectivity index is 1.38. The lowest BCUT2D eigenvalue weighted by Crippen LogP contribution is -2.23. The second-order valence-corrected chi connectivity index (χ2v) is 10.00. The van der Waals surface area contributed by atoms with E-state index in [1.54, 1.807) is 12.1 Å². The first-order valence-corrected chi connectivity index (χ1v) is 13.0. The van der Waals surface area contributed by atoms with E-state index in [1.807, 2.05) is 53.1 Å². The van der Waals surface area contributed by atoms with Crippen molar-refractivity contribution in [2.75, 3.05) is 6.61 Å². The van der Waals surface area contributed by atoms with Crippen molar-refractivity contribution >= 4 is 17.0 Å². The normalized spacial score (nSPS) is 17.7. The molecule has 1 saturated carbocycles. The number of carbonyl (C=O) groups is 1. The second kappa shape index (κ2) is 11.4. The first kappa shape index (κ1) is 26.6. The molecule has 2 atom stereocenters. The summed E-state index contributed by atoms with van der Waals surface area (Å²) in [6.45, 7) is 0.963. The molecule has 1 heterocycles. The number of hydrogen-bond acceptors (Lipinski definition) is 4. The maximum absolute atomic E-state index is 12.6. The number of benzene rings is 3. The molecule has 0 spiro atoms. The summed E-state index contributed by atoms with van der Waals surface area (Å²) in [6.07, 6.45) is -0.745. The number of fused-ring (bicyclic) bond motifs is 1. The van der Waals surface area contributed by atoms with Crippen LogP contribution in [0.4, 0.5) is 13.2 Å². The van der Waals surface area contributed by atoms with E-state index in [2.05, 4.69) is 4.74 Å². The Morgan fingerprint density at radius 1 is 0.974 bits per heavy atom. The van der Waals surface area contributed by atoms with Crippen LogP contribution in [-0.2, 0) is 11.3 Å². The highest BCUT2D eigenvalue weighted by Crippen LogP contribution is 2.33. The highest BCUT2D eigenvalue weighted by molar-refractivity contribution is 5.81. The quantitative estimate of drug-likeness (QED) is 0.242. The van der Waals surface area contributed by atoms with Gasteiger partial charge in [0.25, 0.3) is 0 Å². The first-order valence-electron chi connectivity index (χ1n) is 13.0. The molecule has 9 heteroatoms. The number of para-hydroxylation sites is 3. The van der Waals surface area contributed by atoms with E-state index in [9.17, 15) is 18.0 Å². The van der Waals surface area contributed by atoms with Gasteiger partial charge in [0.05, 0.1) is 24.2 Å². The number of imidazole rings is 1. The zero-order valence-corrected chi connectivity index (χ0v) is 21.2. The van der Waals surface area contributed by atoms with E-state index in [4.69, 9.17) is 14.8 Å². The lowest BCUT2D eigenvalue weighted by Gasteiger charge is -2.28. The van der Waals surface area contributed by atoms with Crippen LogP contribution in [0.2, 0.25) is 0 Å². The van der Waals surface area contributed by atoms with Crippen molar-refractivity contribution in [2.24, 2.45) is 11.8 Å². The van der Waals surface area contributed by atoms with Crippen LogP contribution < -0.4 is 9.47 Å². The fourth-order valence-electron chi connectivity index (χ4n) is 5.40. The van der Waals surface area contributed by atoms with E-state index in [0.29, 0.717) is 30.5 Å². The fourth-order valence-corrected chi connectivity index (χ4v) is 5.40. The van der Waals surface area contributed by atoms with Crippen LogP contribution >= 0.6 is 0 Å². The molecule has 0 amide bonds. The van der Waals surface area contributed by atoms with Gasteiger partial charge in [-0.1, -0.05) is 36.8 Å². The third-order valence-corrected chi connectivity index (χ3v) is 7.13. The van der Waals surface area contributed by atoms with Gasteiger partial charge in [0, 0.05) is 17.5 Å². The van der Waals surface area contributed by atoms with E-state index < -0.39 is 12.3 Å². The average molecular weight is 539 g/mol. The number of aliphatic carboxylic acids is 1. The Labute approximate surface area is 224 Å². The molecule has 4 aromatic rings. The molecule has 0 bridgehead atoms. The molecule has 0 saturated heterocycles. The topological polar surface area (TPSA) is 73.6 Å². The summed E-state index contributed by atoms with van der Waals surface area (Å²) < 4.78 is 50.2. The molecule has 1 aliphatic carbocycles. The number of rotatable bonds is 9. The lowest BCUT2D eigenvalue weighted by molar-refractivity contribution is -0.274. The van der Waals surface area contributed by atoms with Crippen LogP contribution in [0.3, 0.4) is 0 Å². The molecular weight excluding hydrogens is 509 g/mol. The molecule has 5 rings (SSSR count). The van der Waals surface area contributed by atoms with Crippen molar-refractivity contribution < 1.29 is 32.5 Å². The standard InChI is InChI=1S/C30H29F3N2O4/c31-30(32,33)39-24-14-12-22(13-15-24)29-34-25-9-2-3-10-26(25)35(29)18-23-8-1-4-11-27(23)38-19-21-7-5-6-20(16-21)17-28(36)37/h1-4,8-15,20-21H,5-7,16-19H2,(H,36,37). The Morgan fingerprint density at radius 3 is 2.46 bits per heavy atom. The van der Waals surface area contributed by atoms with Gasteiger partial charge in [-0.15, -0.1) is 13.2 Å². The summed E-state index contributed by atoms with van der Waals surface area (Å²) in [4.78, 5) is 15.9. The minimum atomic E-state index is -4.76. The van der Waals surface area contributed by atoms with Gasteiger partial charge in [0.1, 0.15) is 17.3 Å². The van der Waals surface area contributed by atoms with Gasteiger partial charge in [0.15, 0.2) is 0 Å². The van der Waals surface area contributed by atoms with E-state index in [-0.39, 0.29) is 18.1 Å². The molecule has 6 nitrogen and oxygen atoms in total. The molecule has 1 fully saturated rings. The predicted molar refractivity (Wildman–Crippen MR) is 141 cm³/mol. The average Bonchev–Trinajstić information content (AvgIpc) is 3.26. The zero-order valence-electron chi connectivity index (χ0n) is 21.2. The van der Waals surface area contributed by atoms with Crippen LogP contribution in [0.1, 0.15) is 37.7 Å². The third-order valence-electron chi connectivity index (χ3n) is 7.13. The van der Waals surface area contributed by atoms with Gasteiger partial charge in [-0.3, -0.25) is 4.79 Å². The Morgan fingerprint density at radius 2 is 1.69 bits per heavy atom. The van der Waals surface area contributed by atoms with Gasteiger partial charge in [0.2, 0.25) is 0 Å². The maximum Gasteiger partial charge on any atom is 0.573 e. The van der Waals surface area contributed by atoms with Crippen LogP contribution in [0.25, 0.3) is 22.4 Å². The van der Waals surface area contributed by atoms with Crippen molar-refractivity contribution in [1.82, 2.24) is 9.55 Å². The largest absolute Gasteiger partial charge is 0.573 e. The van der Waals surface area contributed by atoms with Crippen molar-refractivity contribution in [3.05, 3.63) is 78.4 Å². The van der Waals surface area contributed by atoms with Crippen LogP contribution in [0, 0.1) is 11.8 Å². The Bertz CT molecular complexity index is 1430. The van der Waals surface area contributed by atoms with Crippen molar-refractivity contribution in [3.8, 4) is 22.9 Å². The highest BCUT2D eigenvalue weighted by Gasteiger charge is 2.31. The van der Waals surface area contributed by atoms with Crippen LogP contribution in [0.5, 0.6) is 11.5 Å². The van der Waals surface area contributed by atoms with E-state index >= 15 is 0 Å². The number of ether oxygens (including phenoxy) is 2. The first-order chi connectivity index (χ1) is 18.7. The number of carboxylic acid groups (broad SMARTS) is 1. The van der Waals surface area contributed by atoms with Crippen LogP contribution in [-0.4, -0.2) is 33.6 Å². The summed E-state index contributed by atoms with van der Waals surface area (Å²) >= 11 is 0. The zero-order chi connectivity index (χ0) is 27.4. The molecule has 2 unspecified atom stereocenters. The van der Waals surface area contributed by atoms with Gasteiger partial charge < -0.3 is 19.1 Å². The van der Waals surface area contributed by atoms with Crippen LogP contribution in [0.15, 0.2) is 72.8 Å². The number of alkyl halides is 3. The number of carboxylic acids is 1. The van der Waals surface area contributed by atoms with Gasteiger partial charge in [-0.2, -0.15) is 0 Å². The number of aromatic nitrogens is 2. The minimum absolute atomic E-state index is 0.188. The third kappa shape index (κ3) is 6.71. The van der Waals surface area contributed by atoms with Gasteiger partial charge >= 0.3 is 12.3 Å². The molecule has 1 aliphatic rings. The van der Waals surface area contributed by atoms with Crippen molar-refractivity contribution in [2.45, 2.75) is 45.0 Å². The Hall–Kier alpha value is -4.01. The molecule has 0 radical (unpaired) electrons. The summed E-state index contributed by atoms with van der Waals surface area (Å²) in [5.41, 5.74) is 3.26. The predicted octanol–water partition coefficient (Wildman–Crippen LogP) is 7.31. The number of hydrogen-bond donors (Lipinski definition) is 1. The summed E-state index contributed by atoms with van der Waals surface area (Å²) in [6, 6.07) is 21.1. The number of halogens is 3. The van der Waals surface area contributed by atoms with Crippen molar-refractivity contribution in [3.63, 3.8) is 0 Å². The SMILES string of the molecule is O=C(O)CC1CCCC(COc2ccccc2Cn2c(-c3ccc(OC(F)(F)F)cc3)nc3ccccc32)C1. The number of nitrogens with zero attached hydrogens (tertiary/aromatic N) is 2. The lowest BCUT2D eigenvalue weighted by atomic mass is 9.80. The molecule has 204 valence electrons. The van der Waals surface area contributed by atoms with Gasteiger partial charge in [-0.05, 0) is 73.6 Å². The van der Waals surface area contributed by atoms with E-state index in [1.165, 1.54) is 12.1 Å². The second-order valence-electron chi connectivity index (χ2n) is 10.00. The summed E-state index contributed by atoms with van der Waals surface area (Å²) in [7, 11) is 0. The fraction of sp³-hybridized carbons (Fsp3) is 0.333. The monoisotopic (exact) mass is 538 g/mol. The minimum Gasteiger partial charge on any atom is -0.493 e. The molecule has 1 N–H and O–H groups in total. The molecule has 3 aromatic carbocycles. The highest BCUT2D eigenvalue weighted by atomic mass is 19.4. The molecule has 1 aromatic heterocycles. The molecular formula is C30H29F3N2O4. The van der Waals surface area contributed by atoms with E-state index in [0.717, 1.165) is 48.0 Å². The Kier molecular flexibility index (Phi) is 7.77. The van der Waals surface area contributed by atoms with Crippen molar-refractivity contribution in [1.29, 1.82) is 0 Å². The van der Waals surface area contributed by atoms with Gasteiger partial charge in [-0.25, -0.2) is 4.98 Å². The molecule has 39 heavy (non-hydrogen) atoms.